The SMILES string of the molecule is Clc1ccc(CSC[C@@H]2CO2)o1. The van der Waals surface area contributed by atoms with Crippen LogP contribution in [0.1, 0.15) is 5.76 Å². The Hall–Kier alpha value is -0.120. The summed E-state index contributed by atoms with van der Waals surface area (Å²) >= 11 is 7.43. The van der Waals surface area contributed by atoms with Gasteiger partial charge in [0.2, 0.25) is 0 Å². The van der Waals surface area contributed by atoms with Gasteiger partial charge < -0.3 is 9.15 Å². The van der Waals surface area contributed by atoms with Gasteiger partial charge in [0.15, 0.2) is 5.22 Å². The van der Waals surface area contributed by atoms with E-state index in [0.29, 0.717) is 11.3 Å². The molecule has 0 saturated carbocycles. The lowest BCUT2D eigenvalue weighted by Gasteiger charge is -1.94. The molecule has 2 heterocycles. The molecule has 12 heavy (non-hydrogen) atoms. The van der Waals surface area contributed by atoms with E-state index in [9.17, 15) is 0 Å². The van der Waals surface area contributed by atoms with Crippen molar-refractivity contribution in [1.82, 2.24) is 0 Å². The predicted molar refractivity (Wildman–Crippen MR) is 49.6 cm³/mol. The molecule has 0 radical (unpaired) electrons. The molecule has 0 N–H and O–H groups in total. The van der Waals surface area contributed by atoms with Gasteiger partial charge in [-0.25, -0.2) is 0 Å². The number of epoxide rings is 1. The Kier molecular flexibility index (Phi) is 2.63. The van der Waals surface area contributed by atoms with Gasteiger partial charge in [-0.05, 0) is 23.7 Å². The fourth-order valence-corrected chi connectivity index (χ4v) is 1.98. The third-order valence-electron chi connectivity index (χ3n) is 1.58. The fourth-order valence-electron chi connectivity index (χ4n) is 0.885. The molecule has 0 spiro atoms. The highest BCUT2D eigenvalue weighted by molar-refractivity contribution is 7.98. The van der Waals surface area contributed by atoms with Gasteiger partial charge in [-0.3, -0.25) is 0 Å². The van der Waals surface area contributed by atoms with Crippen molar-refractivity contribution in [2.24, 2.45) is 0 Å². The third-order valence-corrected chi connectivity index (χ3v) is 2.88. The molecule has 1 aliphatic heterocycles. The molecule has 1 aromatic heterocycles. The van der Waals surface area contributed by atoms with Gasteiger partial charge in [-0.2, -0.15) is 11.8 Å². The minimum atomic E-state index is 0.466. The average molecular weight is 205 g/mol. The summed E-state index contributed by atoms with van der Waals surface area (Å²) in [6.07, 6.45) is 0.487. The molecule has 0 aliphatic carbocycles. The van der Waals surface area contributed by atoms with Crippen molar-refractivity contribution >= 4 is 23.4 Å². The van der Waals surface area contributed by atoms with Crippen LogP contribution in [0.4, 0.5) is 0 Å². The van der Waals surface area contributed by atoms with Crippen LogP contribution < -0.4 is 0 Å². The molecule has 1 saturated heterocycles. The molecule has 2 nitrogen and oxygen atoms in total. The van der Waals surface area contributed by atoms with Crippen LogP contribution in [-0.4, -0.2) is 18.5 Å². The molecule has 4 heteroatoms. The Labute approximate surface area is 80.2 Å². The Morgan fingerprint density at radius 3 is 3.00 bits per heavy atom. The first-order chi connectivity index (χ1) is 5.84. The number of thioether (sulfide) groups is 1. The van der Waals surface area contributed by atoms with Crippen molar-refractivity contribution in [2.45, 2.75) is 11.9 Å². The van der Waals surface area contributed by atoms with E-state index < -0.39 is 0 Å². The normalized spacial score (nSPS) is 21.2. The summed E-state index contributed by atoms with van der Waals surface area (Å²) < 4.78 is 10.3. The average Bonchev–Trinajstić information content (AvgIpc) is 2.76. The van der Waals surface area contributed by atoms with Crippen LogP contribution in [0.25, 0.3) is 0 Å². The van der Waals surface area contributed by atoms with E-state index in [1.807, 2.05) is 17.8 Å². The number of ether oxygens (including phenoxy) is 1. The molecule has 66 valence electrons. The van der Waals surface area contributed by atoms with Crippen molar-refractivity contribution in [3.05, 3.63) is 23.1 Å². The maximum atomic E-state index is 5.61. The maximum Gasteiger partial charge on any atom is 0.193 e. The molecule has 1 atom stereocenters. The summed E-state index contributed by atoms with van der Waals surface area (Å²) in [7, 11) is 0. The summed E-state index contributed by atoms with van der Waals surface area (Å²) in [4.78, 5) is 0. The lowest BCUT2D eigenvalue weighted by molar-refractivity contribution is 0.426. The zero-order chi connectivity index (χ0) is 8.39. The van der Waals surface area contributed by atoms with E-state index in [0.717, 1.165) is 23.9 Å². The summed E-state index contributed by atoms with van der Waals surface area (Å²) in [6, 6.07) is 3.67. The predicted octanol–water partition coefficient (Wildman–Crippen LogP) is 2.57. The zero-order valence-electron chi connectivity index (χ0n) is 6.46. The van der Waals surface area contributed by atoms with Gasteiger partial charge in [-0.1, -0.05) is 0 Å². The van der Waals surface area contributed by atoms with Crippen LogP contribution in [-0.2, 0) is 10.5 Å². The van der Waals surface area contributed by atoms with E-state index >= 15 is 0 Å². The standard InChI is InChI=1S/C8H9ClO2S/c9-8-2-1-6(11-8)4-12-5-7-3-10-7/h1-2,7H,3-5H2/t7-/m0/s1. The number of halogens is 1. The molecule has 0 unspecified atom stereocenters. The minimum Gasteiger partial charge on any atom is -0.449 e. The van der Waals surface area contributed by atoms with Crippen LogP contribution in [0.2, 0.25) is 5.22 Å². The van der Waals surface area contributed by atoms with Gasteiger partial charge in [0.1, 0.15) is 5.76 Å². The van der Waals surface area contributed by atoms with Crippen LogP contribution in [0.15, 0.2) is 16.5 Å². The number of hydrogen-bond donors (Lipinski definition) is 0. The van der Waals surface area contributed by atoms with Crippen molar-refractivity contribution in [3.63, 3.8) is 0 Å². The first-order valence-electron chi connectivity index (χ1n) is 3.78. The van der Waals surface area contributed by atoms with Crippen LogP contribution >= 0.6 is 23.4 Å². The van der Waals surface area contributed by atoms with Crippen molar-refractivity contribution < 1.29 is 9.15 Å². The zero-order valence-corrected chi connectivity index (χ0v) is 8.03. The second-order valence-corrected chi connectivity index (χ2v) is 4.08. The molecular formula is C8H9ClO2S. The molecule has 0 bridgehead atoms. The van der Waals surface area contributed by atoms with E-state index in [2.05, 4.69) is 0 Å². The number of rotatable bonds is 4. The van der Waals surface area contributed by atoms with E-state index in [4.69, 9.17) is 20.8 Å². The quantitative estimate of drug-likeness (QED) is 0.705. The first kappa shape index (κ1) is 8.48. The van der Waals surface area contributed by atoms with E-state index in [1.165, 1.54) is 0 Å². The molecule has 0 aromatic carbocycles. The molecular weight excluding hydrogens is 196 g/mol. The number of hydrogen-bond acceptors (Lipinski definition) is 3. The van der Waals surface area contributed by atoms with Crippen LogP contribution in [0.5, 0.6) is 0 Å². The van der Waals surface area contributed by atoms with Gasteiger partial charge in [-0.15, -0.1) is 0 Å². The Morgan fingerprint density at radius 1 is 1.58 bits per heavy atom. The van der Waals surface area contributed by atoms with Crippen molar-refractivity contribution in [2.75, 3.05) is 12.4 Å². The molecule has 1 aliphatic rings. The van der Waals surface area contributed by atoms with Gasteiger partial charge in [0, 0.05) is 5.75 Å². The summed E-state index contributed by atoms with van der Waals surface area (Å²) in [5, 5.41) is 0.466. The second kappa shape index (κ2) is 3.73. The topological polar surface area (TPSA) is 25.7 Å². The van der Waals surface area contributed by atoms with Gasteiger partial charge >= 0.3 is 0 Å². The van der Waals surface area contributed by atoms with Gasteiger partial charge in [0.05, 0.1) is 18.5 Å². The van der Waals surface area contributed by atoms with Crippen molar-refractivity contribution in [3.8, 4) is 0 Å². The number of furan rings is 1. The van der Waals surface area contributed by atoms with Crippen LogP contribution in [0, 0.1) is 0 Å². The molecule has 1 aromatic rings. The molecule has 0 amide bonds. The lowest BCUT2D eigenvalue weighted by Crippen LogP contribution is -1.88. The Balaban J connectivity index is 1.71. The lowest BCUT2D eigenvalue weighted by atomic mass is 10.5. The third kappa shape index (κ3) is 2.44. The summed E-state index contributed by atoms with van der Waals surface area (Å²) in [5.74, 6) is 2.87. The first-order valence-corrected chi connectivity index (χ1v) is 5.31. The highest BCUT2D eigenvalue weighted by Gasteiger charge is 2.21. The molecule has 2 rings (SSSR count). The Bertz CT molecular complexity index is 257. The highest BCUT2D eigenvalue weighted by Crippen LogP contribution is 2.22. The minimum absolute atomic E-state index is 0.466. The highest BCUT2D eigenvalue weighted by atomic mass is 35.5. The molecule has 1 fully saturated rings. The fraction of sp³-hybridized carbons (Fsp3) is 0.500. The summed E-state index contributed by atoms with van der Waals surface area (Å²) in [5.41, 5.74) is 0. The smallest absolute Gasteiger partial charge is 0.193 e. The monoisotopic (exact) mass is 204 g/mol. The second-order valence-electron chi connectivity index (χ2n) is 2.68. The maximum absolute atomic E-state index is 5.61. The van der Waals surface area contributed by atoms with Crippen LogP contribution in [0.3, 0.4) is 0 Å². The van der Waals surface area contributed by atoms with Crippen molar-refractivity contribution in [1.29, 1.82) is 0 Å². The van der Waals surface area contributed by atoms with E-state index in [-0.39, 0.29) is 0 Å². The van der Waals surface area contributed by atoms with E-state index in [1.54, 1.807) is 6.07 Å². The Morgan fingerprint density at radius 2 is 2.42 bits per heavy atom. The summed E-state index contributed by atoms with van der Waals surface area (Å²) in [6.45, 7) is 0.923. The van der Waals surface area contributed by atoms with Gasteiger partial charge in [0.25, 0.3) is 0 Å². The largest absolute Gasteiger partial charge is 0.449 e.